The monoisotopic (exact) mass is 182 g/mol. The average Bonchev–Trinajstić information content (AvgIpc) is 0.811. The molecule has 5 heteroatoms. The molecule has 0 aliphatic carbocycles. The van der Waals surface area contributed by atoms with Crippen molar-refractivity contribution in [1.29, 1.82) is 0 Å². The van der Waals surface area contributed by atoms with Crippen LogP contribution in [0.4, 0.5) is 4.79 Å². The molecule has 2 N–H and O–H groups in total. The van der Waals surface area contributed by atoms with E-state index in [2.05, 4.69) is 0 Å². The standard InChI is InChI=1S/CH2O3.AsH3.Ca.2H/c2-1(3)4;;;;/h(H2,2,3,4);1H3;;;/q;;+2;2*-1. The third kappa shape index (κ3) is 71.8. The van der Waals surface area contributed by atoms with E-state index in [1.165, 1.54) is 0 Å². The Labute approximate surface area is 79.0 Å². The molecule has 0 saturated heterocycles. The van der Waals surface area contributed by atoms with Gasteiger partial charge < -0.3 is 13.1 Å². The van der Waals surface area contributed by atoms with Crippen molar-refractivity contribution >= 4 is 61.8 Å². The van der Waals surface area contributed by atoms with Crippen LogP contribution in [-0.2, 0) is 0 Å². The fourth-order valence-electron chi connectivity index (χ4n) is 0. The van der Waals surface area contributed by atoms with E-state index in [9.17, 15) is 0 Å². The maximum absolute atomic E-state index is 8.56. The van der Waals surface area contributed by atoms with E-state index in [-0.39, 0.29) is 58.5 Å². The predicted octanol–water partition coefficient (Wildman–Crippen LogP) is -1.12. The summed E-state index contributed by atoms with van der Waals surface area (Å²) >= 11 is 0. The van der Waals surface area contributed by atoms with Crippen molar-refractivity contribution in [1.82, 2.24) is 0 Å². The van der Waals surface area contributed by atoms with E-state index in [4.69, 9.17) is 15.0 Å². The van der Waals surface area contributed by atoms with Gasteiger partial charge in [-0.3, -0.25) is 0 Å². The van der Waals surface area contributed by atoms with E-state index < -0.39 is 6.16 Å². The van der Waals surface area contributed by atoms with Crippen LogP contribution in [0.25, 0.3) is 0 Å². The number of carboxylic acid groups (broad SMARTS) is 2. The van der Waals surface area contributed by atoms with Crippen LogP contribution >= 0.6 is 0 Å². The molecule has 3 nitrogen and oxygen atoms in total. The molecule has 36 valence electrons. The molecule has 0 heterocycles. The Bertz CT molecular complexity index is 40.3. The molecule has 0 saturated carbocycles. The van der Waals surface area contributed by atoms with Crippen LogP contribution in [0.15, 0.2) is 0 Å². The SMILES string of the molecule is O=C(O)O.[AsH3].[Ca+2].[H-].[H-]. The van der Waals surface area contributed by atoms with Crippen molar-refractivity contribution in [3.63, 3.8) is 0 Å². The van der Waals surface area contributed by atoms with Crippen LogP contribution in [0.3, 0.4) is 0 Å². The van der Waals surface area contributed by atoms with Gasteiger partial charge in [-0.05, 0) is 0 Å². The van der Waals surface area contributed by atoms with E-state index >= 15 is 0 Å². The molecule has 0 aliphatic rings. The van der Waals surface area contributed by atoms with Gasteiger partial charge in [0.05, 0.1) is 0 Å². The zero-order valence-corrected chi connectivity index (χ0v) is 8.39. The fraction of sp³-hybridized carbons (Fsp3) is 0. The maximum atomic E-state index is 8.56. The first-order valence-electron chi connectivity index (χ1n) is 0.651. The summed E-state index contributed by atoms with van der Waals surface area (Å²) < 4.78 is 0. The zero-order chi connectivity index (χ0) is 3.58. The Morgan fingerprint density at radius 2 is 1.50 bits per heavy atom. The number of hydrogen-bond acceptors (Lipinski definition) is 1. The van der Waals surface area contributed by atoms with E-state index in [0.29, 0.717) is 0 Å². The summed E-state index contributed by atoms with van der Waals surface area (Å²) in [5.74, 6) is 0. The van der Waals surface area contributed by atoms with E-state index in [1.54, 1.807) is 0 Å². The van der Waals surface area contributed by atoms with Gasteiger partial charge in [0.1, 0.15) is 0 Å². The van der Waals surface area contributed by atoms with Crippen molar-refractivity contribution < 1.29 is 17.9 Å². The normalized spacial score (nSPS) is 4.00. The molecule has 0 aromatic rings. The number of rotatable bonds is 0. The van der Waals surface area contributed by atoms with Gasteiger partial charge in [-0.25, -0.2) is 4.79 Å². The molecule has 0 amide bonds. The summed E-state index contributed by atoms with van der Waals surface area (Å²) in [7, 11) is 0. The fourth-order valence-corrected chi connectivity index (χ4v) is 0. The second-order valence-corrected chi connectivity index (χ2v) is 0.283. The third-order valence-corrected chi connectivity index (χ3v) is 0. The van der Waals surface area contributed by atoms with Gasteiger partial charge in [0, 0.05) is 0 Å². The van der Waals surface area contributed by atoms with Gasteiger partial charge in [-0.15, -0.1) is 0 Å². The van der Waals surface area contributed by atoms with Crippen LogP contribution in [0.5, 0.6) is 0 Å². The van der Waals surface area contributed by atoms with Crippen LogP contribution in [0.1, 0.15) is 2.85 Å². The van der Waals surface area contributed by atoms with Crippen molar-refractivity contribution in [2.75, 3.05) is 0 Å². The molecular formula is CH7AsCaO3. The Hall–Kier alpha value is 1.09. The topological polar surface area (TPSA) is 57.5 Å². The Kier molecular flexibility index (Phi) is 24.7. The molecular weight excluding hydrogens is 175 g/mol. The molecule has 0 bridgehead atoms. The van der Waals surface area contributed by atoms with Crippen molar-refractivity contribution in [2.45, 2.75) is 0 Å². The van der Waals surface area contributed by atoms with Crippen molar-refractivity contribution in [2.24, 2.45) is 0 Å². The summed E-state index contributed by atoms with van der Waals surface area (Å²) in [6.45, 7) is 0. The van der Waals surface area contributed by atoms with Gasteiger partial charge in [-0.2, -0.15) is 0 Å². The molecule has 0 rings (SSSR count). The number of carbonyl (C=O) groups is 1. The summed E-state index contributed by atoms with van der Waals surface area (Å²) in [6.07, 6.45) is -1.83. The molecule has 0 aliphatic heterocycles. The van der Waals surface area contributed by atoms with Gasteiger partial charge >= 0.3 is 61.8 Å². The average molecular weight is 182 g/mol. The third-order valence-electron chi connectivity index (χ3n) is 0. The molecule has 0 aromatic heterocycles. The second-order valence-electron chi connectivity index (χ2n) is 0.283. The first-order chi connectivity index (χ1) is 1.73. The smallest absolute Gasteiger partial charge is 1.00 e. The molecule has 1 unspecified atom stereocenters. The summed E-state index contributed by atoms with van der Waals surface area (Å²) in [4.78, 5) is 8.56. The molecule has 6 heavy (non-hydrogen) atoms. The maximum Gasteiger partial charge on any atom is 2.00 e. The Balaban J connectivity index is -0.00000000750. The zero-order valence-electron chi connectivity index (χ0n) is 5.22. The first kappa shape index (κ1) is 15.7. The predicted molar refractivity (Wildman–Crippen MR) is 28.6 cm³/mol. The van der Waals surface area contributed by atoms with Gasteiger partial charge in [0.15, 0.2) is 0 Å². The minimum atomic E-state index is -1.83. The molecule has 0 spiro atoms. The van der Waals surface area contributed by atoms with Crippen LogP contribution < -0.4 is 0 Å². The van der Waals surface area contributed by atoms with E-state index in [0.717, 1.165) is 0 Å². The van der Waals surface area contributed by atoms with Crippen molar-refractivity contribution in [3.05, 3.63) is 0 Å². The molecule has 0 fully saturated rings. The van der Waals surface area contributed by atoms with Gasteiger partial charge in [0.25, 0.3) is 0 Å². The summed E-state index contributed by atoms with van der Waals surface area (Å²) in [5.41, 5.74) is 0. The minimum absolute atomic E-state index is 0. The number of hydrogen-bond donors (Lipinski definition) is 2. The van der Waals surface area contributed by atoms with Crippen LogP contribution in [0.2, 0.25) is 0 Å². The first-order valence-corrected chi connectivity index (χ1v) is 0.651. The Morgan fingerprint density at radius 1 is 1.50 bits per heavy atom. The van der Waals surface area contributed by atoms with E-state index in [1.807, 2.05) is 0 Å². The summed E-state index contributed by atoms with van der Waals surface area (Å²) in [5, 5.41) is 13.9. The molecule has 0 aromatic carbocycles. The quantitative estimate of drug-likeness (QED) is 0.466. The summed E-state index contributed by atoms with van der Waals surface area (Å²) in [6, 6.07) is 0. The Morgan fingerprint density at radius 3 is 1.50 bits per heavy atom. The van der Waals surface area contributed by atoms with Gasteiger partial charge in [0.2, 0.25) is 0 Å². The van der Waals surface area contributed by atoms with Gasteiger partial charge in [-0.1, -0.05) is 0 Å². The van der Waals surface area contributed by atoms with Crippen molar-refractivity contribution in [3.8, 4) is 0 Å². The largest absolute Gasteiger partial charge is 2.00 e. The van der Waals surface area contributed by atoms with Crippen LogP contribution in [-0.4, -0.2) is 72.1 Å². The van der Waals surface area contributed by atoms with Crippen LogP contribution in [0, 0.1) is 0 Å². The molecule has 0 radical (unpaired) electrons. The molecule has 1 atom stereocenters. The minimum Gasteiger partial charge on any atom is -1.00 e. The second kappa shape index (κ2) is 9.43.